The van der Waals surface area contributed by atoms with Gasteiger partial charge in [0.05, 0.1) is 112 Å². The Morgan fingerprint density at radius 2 is 1.19 bits per heavy atom. The van der Waals surface area contributed by atoms with Crippen molar-refractivity contribution in [3.63, 3.8) is 0 Å². The van der Waals surface area contributed by atoms with Crippen LogP contribution in [0.15, 0.2) is 18.2 Å². The average Bonchev–Trinajstić information content (AvgIpc) is 3.29. The zero-order chi connectivity index (χ0) is 50.2. The molecule has 68 heavy (non-hydrogen) atoms. The molecular formula is C48H83N5O15. The van der Waals surface area contributed by atoms with Gasteiger partial charge >= 0.3 is 6.09 Å². The topological polar surface area (TPSA) is 240 Å². The van der Waals surface area contributed by atoms with Crippen molar-refractivity contribution in [2.75, 3.05) is 125 Å². The molecule has 0 radical (unpaired) electrons. The van der Waals surface area contributed by atoms with Crippen LogP contribution >= 0.6 is 0 Å². The average molecular weight is 970 g/mol. The first-order valence-electron chi connectivity index (χ1n) is 23.9. The summed E-state index contributed by atoms with van der Waals surface area (Å²) in [7, 11) is 3.28. The lowest BCUT2D eigenvalue weighted by Crippen LogP contribution is -2.54. The number of alkyl carbamates (subject to hydrolysis) is 1. The number of aliphatic hydroxyl groups is 1. The van der Waals surface area contributed by atoms with Crippen LogP contribution in [0.3, 0.4) is 0 Å². The molecule has 0 bridgehead atoms. The van der Waals surface area contributed by atoms with Crippen LogP contribution in [0.1, 0.15) is 84.8 Å². The number of anilines is 1. The van der Waals surface area contributed by atoms with E-state index in [9.17, 15) is 29.1 Å². The maximum absolute atomic E-state index is 13.4. The summed E-state index contributed by atoms with van der Waals surface area (Å²) in [5.74, 6) is -1.62. The van der Waals surface area contributed by atoms with Crippen molar-refractivity contribution in [1.82, 2.24) is 20.9 Å². The van der Waals surface area contributed by atoms with Crippen molar-refractivity contribution in [1.29, 1.82) is 0 Å². The van der Waals surface area contributed by atoms with Gasteiger partial charge in [-0.3, -0.25) is 19.2 Å². The normalized spacial score (nSPS) is 15.9. The fourth-order valence-electron chi connectivity index (χ4n) is 6.86. The molecule has 0 saturated heterocycles. The summed E-state index contributed by atoms with van der Waals surface area (Å²) in [6.07, 6.45) is 2.44. The van der Waals surface area contributed by atoms with Crippen LogP contribution in [0.25, 0.3) is 0 Å². The molecule has 1 aromatic rings. The number of nitrogens with zero attached hydrogens (tertiary/aromatic N) is 1. The molecule has 1 aliphatic rings. The molecule has 0 aromatic heterocycles. The van der Waals surface area contributed by atoms with Gasteiger partial charge in [0.25, 0.3) is 0 Å². The van der Waals surface area contributed by atoms with Crippen molar-refractivity contribution < 1.29 is 71.7 Å². The van der Waals surface area contributed by atoms with Gasteiger partial charge < -0.3 is 73.9 Å². The minimum absolute atomic E-state index is 0.139. The van der Waals surface area contributed by atoms with E-state index in [0.29, 0.717) is 129 Å². The van der Waals surface area contributed by atoms with Gasteiger partial charge in [0.1, 0.15) is 17.7 Å². The Kier molecular flexibility index (Phi) is 31.1. The van der Waals surface area contributed by atoms with Gasteiger partial charge in [-0.05, 0) is 88.5 Å². The van der Waals surface area contributed by atoms with E-state index in [1.165, 1.54) is 4.90 Å². The smallest absolute Gasteiger partial charge is 0.407 e. The number of nitrogens with one attached hydrogen (secondary N) is 4. The lowest BCUT2D eigenvalue weighted by molar-refractivity contribution is -0.134. The molecule has 390 valence electrons. The van der Waals surface area contributed by atoms with Crippen molar-refractivity contribution >= 4 is 35.4 Å². The molecule has 0 heterocycles. The highest BCUT2D eigenvalue weighted by molar-refractivity contribution is 5.98. The number of aliphatic hydroxyl groups excluding tert-OH is 1. The molecule has 2 rings (SSSR count). The minimum Gasteiger partial charge on any atom is -0.444 e. The van der Waals surface area contributed by atoms with Crippen molar-refractivity contribution in [3.05, 3.63) is 29.3 Å². The van der Waals surface area contributed by atoms with E-state index >= 15 is 0 Å². The molecular weight excluding hydrogens is 887 g/mol. The van der Waals surface area contributed by atoms with Crippen molar-refractivity contribution in [2.45, 2.75) is 104 Å². The Labute approximate surface area is 403 Å². The van der Waals surface area contributed by atoms with Gasteiger partial charge in [-0.25, -0.2) is 4.79 Å². The van der Waals surface area contributed by atoms with Crippen LogP contribution in [0, 0.1) is 17.8 Å². The Hall–Kier alpha value is -3.99. The third-order valence-corrected chi connectivity index (χ3v) is 10.8. The molecule has 1 aromatic carbocycles. The number of ether oxygens (including phenoxy) is 9. The Balaban J connectivity index is 1.63. The first-order chi connectivity index (χ1) is 32.5. The summed E-state index contributed by atoms with van der Waals surface area (Å²) in [6.45, 7) is 17.6. The predicted octanol–water partition coefficient (Wildman–Crippen LogP) is 3.21. The standard InChI is InChI=1S/C48H83N5O15/c1-35(2)43(52-45(57)38-11-9-37(10-12-38)32-49-47(59)68-48(4,5)6)46(58)50-36(3)44(56)51-41-14-13-39(34-54)40(31-41)33-53(7)42(55)15-16-61-19-20-63-23-24-65-27-28-67-30-29-66-26-25-64-22-21-62-18-17-60-8/h13-14,31,35-38,43,54H,9-12,15-30,32-34H2,1-8H3,(H,49,59)(H,50,58)(H,51,56)(H,52,57)/t36-,37?,38?,43-/m0/s1. The molecule has 20 nitrogen and oxygen atoms in total. The van der Waals surface area contributed by atoms with E-state index in [1.54, 1.807) is 39.3 Å². The van der Waals surface area contributed by atoms with E-state index in [0.717, 1.165) is 12.8 Å². The predicted molar refractivity (Wildman–Crippen MR) is 254 cm³/mol. The second kappa shape index (κ2) is 35.2. The Bertz CT molecular complexity index is 1590. The van der Waals surface area contributed by atoms with Crippen molar-refractivity contribution in [3.8, 4) is 0 Å². The van der Waals surface area contributed by atoms with Crippen molar-refractivity contribution in [2.24, 2.45) is 17.8 Å². The maximum Gasteiger partial charge on any atom is 0.407 e. The molecule has 1 saturated carbocycles. The third-order valence-electron chi connectivity index (χ3n) is 10.8. The van der Waals surface area contributed by atoms with Crippen LogP contribution in [0.5, 0.6) is 0 Å². The summed E-state index contributed by atoms with van der Waals surface area (Å²) < 4.78 is 48.5. The number of amides is 5. The summed E-state index contributed by atoms with van der Waals surface area (Å²) in [5.41, 5.74) is 1.07. The quantitative estimate of drug-likeness (QED) is 0.0607. The number of benzene rings is 1. The van der Waals surface area contributed by atoms with Gasteiger partial charge in [-0.2, -0.15) is 0 Å². The van der Waals surface area contributed by atoms with E-state index in [2.05, 4.69) is 21.3 Å². The zero-order valence-electron chi connectivity index (χ0n) is 42.0. The summed E-state index contributed by atoms with van der Waals surface area (Å²) in [6, 6.07) is 3.20. The third kappa shape index (κ3) is 27.3. The molecule has 0 spiro atoms. The second-order valence-corrected chi connectivity index (χ2v) is 18.0. The minimum atomic E-state index is -0.944. The van der Waals surface area contributed by atoms with E-state index < -0.39 is 35.6 Å². The van der Waals surface area contributed by atoms with E-state index in [1.807, 2.05) is 34.6 Å². The molecule has 0 unspecified atom stereocenters. The Morgan fingerprint density at radius 1 is 0.691 bits per heavy atom. The van der Waals surface area contributed by atoms with Crippen LogP contribution in [-0.4, -0.2) is 177 Å². The van der Waals surface area contributed by atoms with Gasteiger partial charge in [0.15, 0.2) is 0 Å². The first-order valence-corrected chi connectivity index (χ1v) is 23.9. The number of methoxy groups -OCH3 is 1. The SMILES string of the molecule is COCCOCCOCCOCCOCCOCCOCCOCCC(=O)N(C)Cc1cc(NC(=O)[C@H](C)NC(=O)[C@@H](NC(=O)C2CCC(CNC(=O)OC(C)(C)C)CC2)C(C)C)ccc1CO. The number of hydrogen-bond donors (Lipinski definition) is 5. The van der Waals surface area contributed by atoms with Gasteiger partial charge in [0.2, 0.25) is 23.6 Å². The van der Waals surface area contributed by atoms with Gasteiger partial charge in [-0.15, -0.1) is 0 Å². The zero-order valence-corrected chi connectivity index (χ0v) is 42.0. The lowest BCUT2D eigenvalue weighted by atomic mass is 9.81. The number of rotatable bonds is 36. The van der Waals surface area contributed by atoms with Crippen LogP contribution in [-0.2, 0) is 75.0 Å². The first kappa shape index (κ1) is 60.1. The molecule has 5 N–H and O–H groups in total. The largest absolute Gasteiger partial charge is 0.444 e. The van der Waals surface area contributed by atoms with E-state index in [4.69, 9.17) is 42.6 Å². The fraction of sp³-hybridized carbons (Fsp3) is 0.771. The molecule has 1 fully saturated rings. The van der Waals surface area contributed by atoms with Crippen LogP contribution < -0.4 is 21.3 Å². The second-order valence-electron chi connectivity index (χ2n) is 18.0. The summed E-state index contributed by atoms with van der Waals surface area (Å²) in [5, 5.41) is 21.3. The van der Waals surface area contributed by atoms with Crippen LogP contribution in [0.4, 0.5) is 10.5 Å². The van der Waals surface area contributed by atoms with Gasteiger partial charge in [-0.1, -0.05) is 19.9 Å². The Morgan fingerprint density at radius 3 is 1.66 bits per heavy atom. The highest BCUT2D eigenvalue weighted by atomic mass is 16.6. The summed E-state index contributed by atoms with van der Waals surface area (Å²) >= 11 is 0. The fourth-order valence-corrected chi connectivity index (χ4v) is 6.86. The molecule has 0 aliphatic heterocycles. The highest BCUT2D eigenvalue weighted by Gasteiger charge is 2.32. The molecule has 5 amide bonds. The number of carbonyl (C=O) groups is 5. The molecule has 1 aliphatic carbocycles. The molecule has 2 atom stereocenters. The monoisotopic (exact) mass is 970 g/mol. The highest BCUT2D eigenvalue weighted by Crippen LogP contribution is 2.29. The maximum atomic E-state index is 13.4. The number of hydrogen-bond acceptors (Lipinski definition) is 15. The van der Waals surface area contributed by atoms with Crippen LogP contribution in [0.2, 0.25) is 0 Å². The van der Waals surface area contributed by atoms with E-state index in [-0.39, 0.29) is 55.7 Å². The molecule has 20 heteroatoms. The lowest BCUT2D eigenvalue weighted by Gasteiger charge is -2.30. The van der Waals surface area contributed by atoms with Gasteiger partial charge in [0, 0.05) is 38.9 Å². The summed E-state index contributed by atoms with van der Waals surface area (Å²) in [4.78, 5) is 66.4. The number of carbonyl (C=O) groups excluding carboxylic acids is 5.